The van der Waals surface area contributed by atoms with Gasteiger partial charge in [0, 0.05) is 11.1 Å². The molecule has 0 aliphatic rings. The highest BCUT2D eigenvalue weighted by atomic mass is 16.5. The molecule has 8 nitrogen and oxygen atoms in total. The number of fused-ring (bicyclic) bond motifs is 2. The largest absolute Gasteiger partial charge is 0.494 e. The highest BCUT2D eigenvalue weighted by Crippen LogP contribution is 2.34. The van der Waals surface area contributed by atoms with Crippen molar-refractivity contribution >= 4 is 33.9 Å². The highest BCUT2D eigenvalue weighted by molar-refractivity contribution is 6.02. The zero-order chi connectivity index (χ0) is 33.1. The van der Waals surface area contributed by atoms with Gasteiger partial charge in [-0.15, -0.1) is 0 Å². The number of aromatic nitrogens is 2. The molecule has 0 fully saturated rings. The van der Waals surface area contributed by atoms with Gasteiger partial charge < -0.3 is 14.6 Å². The summed E-state index contributed by atoms with van der Waals surface area (Å²) in [5, 5.41) is 16.5. The summed E-state index contributed by atoms with van der Waals surface area (Å²) in [4.78, 5) is 30.6. The van der Waals surface area contributed by atoms with Crippen LogP contribution >= 0.6 is 0 Å². The summed E-state index contributed by atoms with van der Waals surface area (Å²) in [6.07, 6.45) is 1.64. The highest BCUT2D eigenvalue weighted by Gasteiger charge is 2.19. The van der Waals surface area contributed by atoms with Crippen LogP contribution in [0.3, 0.4) is 0 Å². The maximum Gasteiger partial charge on any atom is 0.335 e. The molecule has 1 N–H and O–H groups in total. The molecule has 1 heterocycles. The average Bonchev–Trinajstić information content (AvgIpc) is 3.07. The number of nitrogens with zero attached hydrogens (tertiary/aromatic N) is 3. The van der Waals surface area contributed by atoms with Crippen LogP contribution < -0.4 is 15.0 Å². The lowest BCUT2D eigenvalue weighted by molar-refractivity contribution is 0.0696. The maximum absolute atomic E-state index is 14.1. The predicted octanol–water partition coefficient (Wildman–Crippen LogP) is 8.21. The van der Waals surface area contributed by atoms with E-state index in [1.54, 1.807) is 30.5 Å². The molecular formula is C39H35N3O5. The van der Waals surface area contributed by atoms with E-state index in [4.69, 9.17) is 19.6 Å². The molecule has 6 rings (SSSR count). The van der Waals surface area contributed by atoms with E-state index in [0.717, 1.165) is 33.2 Å². The molecule has 0 spiro atoms. The molecule has 6 aromatic rings. The fourth-order valence-corrected chi connectivity index (χ4v) is 5.68. The van der Waals surface area contributed by atoms with Gasteiger partial charge in [-0.3, -0.25) is 4.79 Å². The van der Waals surface area contributed by atoms with Crippen molar-refractivity contribution in [3.8, 4) is 22.9 Å². The summed E-state index contributed by atoms with van der Waals surface area (Å²) in [6, 6.07) is 29.6. The Labute approximate surface area is 272 Å². The van der Waals surface area contributed by atoms with Crippen molar-refractivity contribution in [3.63, 3.8) is 0 Å². The number of carboxylic acid groups (broad SMARTS) is 1. The molecule has 0 amide bonds. The molecule has 47 heavy (non-hydrogen) atoms. The lowest BCUT2D eigenvalue weighted by atomic mass is 9.96. The summed E-state index contributed by atoms with van der Waals surface area (Å²) in [6.45, 7) is 8.84. The van der Waals surface area contributed by atoms with E-state index in [2.05, 4.69) is 13.8 Å². The number of benzene rings is 5. The third-order valence-electron chi connectivity index (χ3n) is 8.07. The zero-order valence-electron chi connectivity index (χ0n) is 26.7. The van der Waals surface area contributed by atoms with Crippen LogP contribution in [0.2, 0.25) is 0 Å². The summed E-state index contributed by atoms with van der Waals surface area (Å²) in [5.41, 5.74) is 4.56. The van der Waals surface area contributed by atoms with Crippen LogP contribution in [0.4, 0.5) is 0 Å². The fraction of sp³-hybridized carbons (Fsp3) is 0.179. The first-order chi connectivity index (χ1) is 22.7. The minimum atomic E-state index is -1.00. The quantitative estimate of drug-likeness (QED) is 0.154. The summed E-state index contributed by atoms with van der Waals surface area (Å²) < 4.78 is 13.6. The molecule has 5 aromatic carbocycles. The number of aromatic carboxylic acids is 1. The fourth-order valence-electron chi connectivity index (χ4n) is 5.68. The van der Waals surface area contributed by atoms with Gasteiger partial charge in [0.05, 0.1) is 29.3 Å². The predicted molar refractivity (Wildman–Crippen MR) is 186 cm³/mol. The lowest BCUT2D eigenvalue weighted by Gasteiger charge is -2.18. The number of hydrogen-bond donors (Lipinski definition) is 1. The monoisotopic (exact) mass is 625 g/mol. The Morgan fingerprint density at radius 1 is 0.915 bits per heavy atom. The smallest absolute Gasteiger partial charge is 0.335 e. The second-order valence-electron chi connectivity index (χ2n) is 11.6. The van der Waals surface area contributed by atoms with Gasteiger partial charge in [-0.25, -0.2) is 9.78 Å². The Morgan fingerprint density at radius 3 is 2.45 bits per heavy atom. The number of carboxylic acids is 1. The summed E-state index contributed by atoms with van der Waals surface area (Å²) >= 11 is 0. The molecule has 0 aliphatic carbocycles. The Morgan fingerprint density at radius 2 is 1.68 bits per heavy atom. The van der Waals surface area contributed by atoms with Crippen molar-refractivity contribution in [1.82, 2.24) is 9.66 Å². The normalized spacial score (nSPS) is 11.5. The van der Waals surface area contributed by atoms with Crippen molar-refractivity contribution in [2.24, 2.45) is 5.10 Å². The van der Waals surface area contributed by atoms with Crippen LogP contribution in [-0.4, -0.2) is 33.6 Å². The second kappa shape index (κ2) is 13.3. The zero-order valence-corrected chi connectivity index (χ0v) is 26.7. The van der Waals surface area contributed by atoms with Gasteiger partial charge in [-0.2, -0.15) is 9.78 Å². The molecule has 0 unspecified atom stereocenters. The van der Waals surface area contributed by atoms with Gasteiger partial charge in [0.25, 0.3) is 5.56 Å². The number of para-hydroxylation sites is 1. The van der Waals surface area contributed by atoms with E-state index in [0.29, 0.717) is 40.2 Å². The second-order valence-corrected chi connectivity index (χ2v) is 11.6. The van der Waals surface area contributed by atoms with Gasteiger partial charge in [0.1, 0.15) is 18.1 Å². The molecule has 0 saturated heterocycles. The third kappa shape index (κ3) is 6.35. The van der Waals surface area contributed by atoms with Crippen molar-refractivity contribution in [1.29, 1.82) is 0 Å². The van der Waals surface area contributed by atoms with Gasteiger partial charge in [0.15, 0.2) is 5.82 Å². The molecule has 8 heteroatoms. The third-order valence-corrected chi connectivity index (χ3v) is 8.07. The van der Waals surface area contributed by atoms with Gasteiger partial charge in [0.2, 0.25) is 0 Å². The molecular weight excluding hydrogens is 590 g/mol. The minimum absolute atomic E-state index is 0.145. The van der Waals surface area contributed by atoms with Crippen LogP contribution in [0.5, 0.6) is 11.5 Å². The first-order valence-electron chi connectivity index (χ1n) is 15.6. The van der Waals surface area contributed by atoms with Crippen LogP contribution in [-0.2, 0) is 6.61 Å². The Kier molecular flexibility index (Phi) is 8.84. The van der Waals surface area contributed by atoms with E-state index < -0.39 is 5.97 Å². The van der Waals surface area contributed by atoms with E-state index in [9.17, 15) is 14.7 Å². The molecule has 0 aliphatic heterocycles. The summed E-state index contributed by atoms with van der Waals surface area (Å²) in [7, 11) is 0. The van der Waals surface area contributed by atoms with Crippen molar-refractivity contribution in [3.05, 3.63) is 135 Å². The van der Waals surface area contributed by atoms with Gasteiger partial charge in [-0.05, 0) is 89.7 Å². The lowest BCUT2D eigenvalue weighted by Crippen LogP contribution is -2.21. The topological polar surface area (TPSA) is 103 Å². The number of ether oxygens (including phenoxy) is 2. The number of hydrogen-bond acceptors (Lipinski definition) is 6. The average molecular weight is 626 g/mol. The van der Waals surface area contributed by atoms with Gasteiger partial charge >= 0.3 is 5.97 Å². The SMILES string of the molecule is CCOc1cc(C)c(-c2nc3ccccc3c(=O)n2N=Cc2c(OCc3cccc(C(=O)O)c3)ccc3ccccc23)cc1C(C)C. The first kappa shape index (κ1) is 31.2. The number of rotatable bonds is 10. The van der Waals surface area contributed by atoms with E-state index in [1.807, 2.05) is 86.6 Å². The molecule has 0 bridgehead atoms. The Bertz CT molecular complexity index is 2220. The first-order valence-corrected chi connectivity index (χ1v) is 15.6. The van der Waals surface area contributed by atoms with Crippen molar-refractivity contribution in [2.45, 2.75) is 40.2 Å². The molecule has 0 atom stereocenters. The molecule has 0 saturated carbocycles. The number of carbonyl (C=O) groups is 1. The van der Waals surface area contributed by atoms with Crippen LogP contribution in [0.25, 0.3) is 33.1 Å². The summed E-state index contributed by atoms with van der Waals surface area (Å²) in [5.74, 6) is 0.940. The van der Waals surface area contributed by atoms with Crippen LogP contribution in [0, 0.1) is 6.92 Å². The van der Waals surface area contributed by atoms with Crippen molar-refractivity contribution < 1.29 is 19.4 Å². The standard InChI is InChI=1S/C39H35N3O5/c1-5-46-36-19-25(4)32(21-31(36)24(2)3)37-41-34-16-9-8-15-30(34)38(43)42(37)40-22-33-29-14-7-6-12-27(29)17-18-35(33)47-23-26-11-10-13-28(20-26)39(44)45/h6-22,24H,5,23H2,1-4H3,(H,44,45). The Balaban J connectivity index is 1.51. The maximum atomic E-state index is 14.1. The number of aryl methyl sites for hydroxylation is 1. The van der Waals surface area contributed by atoms with Gasteiger partial charge in [-0.1, -0.05) is 68.4 Å². The van der Waals surface area contributed by atoms with E-state index in [-0.39, 0.29) is 23.6 Å². The van der Waals surface area contributed by atoms with E-state index in [1.165, 1.54) is 4.68 Å². The van der Waals surface area contributed by atoms with Crippen molar-refractivity contribution in [2.75, 3.05) is 6.61 Å². The molecule has 1 aromatic heterocycles. The van der Waals surface area contributed by atoms with Crippen LogP contribution in [0.15, 0.2) is 107 Å². The Hall–Kier alpha value is -5.76. The van der Waals surface area contributed by atoms with E-state index >= 15 is 0 Å². The molecule has 0 radical (unpaired) electrons. The van der Waals surface area contributed by atoms with Crippen LogP contribution in [0.1, 0.15) is 59.3 Å². The minimum Gasteiger partial charge on any atom is -0.494 e. The molecule has 236 valence electrons.